The van der Waals surface area contributed by atoms with Gasteiger partial charge in [0.25, 0.3) is 5.91 Å². The van der Waals surface area contributed by atoms with Crippen molar-refractivity contribution in [3.05, 3.63) is 41.5 Å². The highest BCUT2D eigenvalue weighted by Gasteiger charge is 1.99. The number of hydrogen-bond acceptors (Lipinski definition) is 3. The van der Waals surface area contributed by atoms with Crippen LogP contribution in [0.2, 0.25) is 0 Å². The fourth-order valence-electron chi connectivity index (χ4n) is 1.58. The van der Waals surface area contributed by atoms with Crippen molar-refractivity contribution < 1.29 is 14.8 Å². The fourth-order valence-corrected chi connectivity index (χ4v) is 1.58. The number of carbonyl (C=O) groups excluding carboxylic acids is 2. The Bertz CT molecular complexity index is 452. The smallest absolute Gasteiger partial charge is 0.267 e. The standard InChI is InChI=1S/C14H18N2O3/c1-15-13(17)4-2-3-11-5-7-12(8-6-11)9-10-14(18)16-19/h5-10,19H,2-4H2,1H3,(H,15,17)(H,16,18)/b10-9+. The van der Waals surface area contributed by atoms with Crippen molar-refractivity contribution in [2.45, 2.75) is 19.3 Å². The quantitative estimate of drug-likeness (QED) is 0.410. The molecule has 0 aliphatic rings. The number of nitrogens with one attached hydrogen (secondary N) is 2. The summed E-state index contributed by atoms with van der Waals surface area (Å²) in [5.74, 6) is -0.510. The van der Waals surface area contributed by atoms with E-state index < -0.39 is 5.91 Å². The van der Waals surface area contributed by atoms with Gasteiger partial charge < -0.3 is 5.32 Å². The molecular formula is C14H18N2O3. The van der Waals surface area contributed by atoms with Crippen LogP contribution in [0.25, 0.3) is 6.08 Å². The van der Waals surface area contributed by atoms with E-state index in [2.05, 4.69) is 5.32 Å². The Hall–Kier alpha value is -2.14. The molecule has 0 saturated carbocycles. The molecule has 1 rings (SSSR count). The molecule has 0 unspecified atom stereocenters. The molecule has 0 saturated heterocycles. The first-order valence-electron chi connectivity index (χ1n) is 6.07. The number of aryl methyl sites for hydroxylation is 1. The zero-order chi connectivity index (χ0) is 14.1. The van der Waals surface area contributed by atoms with Crippen molar-refractivity contribution in [1.29, 1.82) is 0 Å². The number of benzene rings is 1. The van der Waals surface area contributed by atoms with Crippen LogP contribution in [0.5, 0.6) is 0 Å². The molecule has 5 heteroatoms. The molecule has 0 radical (unpaired) electrons. The summed E-state index contributed by atoms with van der Waals surface area (Å²) in [5.41, 5.74) is 3.55. The Morgan fingerprint density at radius 1 is 1.26 bits per heavy atom. The lowest BCUT2D eigenvalue weighted by Gasteiger charge is -2.02. The van der Waals surface area contributed by atoms with Gasteiger partial charge in [-0.3, -0.25) is 14.8 Å². The Balaban J connectivity index is 2.45. The summed E-state index contributed by atoms with van der Waals surface area (Å²) >= 11 is 0. The van der Waals surface area contributed by atoms with Crippen molar-refractivity contribution in [3.63, 3.8) is 0 Å². The Kier molecular flexibility index (Phi) is 6.32. The third-order valence-corrected chi connectivity index (χ3v) is 2.67. The third-order valence-electron chi connectivity index (χ3n) is 2.67. The van der Waals surface area contributed by atoms with Gasteiger partial charge in [0.15, 0.2) is 0 Å². The lowest BCUT2D eigenvalue weighted by molar-refractivity contribution is -0.124. The van der Waals surface area contributed by atoms with Crippen molar-refractivity contribution in [1.82, 2.24) is 10.8 Å². The van der Waals surface area contributed by atoms with Gasteiger partial charge in [0, 0.05) is 19.5 Å². The lowest BCUT2D eigenvalue weighted by Crippen LogP contribution is -2.17. The van der Waals surface area contributed by atoms with E-state index >= 15 is 0 Å². The molecular weight excluding hydrogens is 244 g/mol. The highest BCUT2D eigenvalue weighted by molar-refractivity contribution is 5.90. The second kappa shape index (κ2) is 8.05. The number of carbonyl (C=O) groups is 2. The van der Waals surface area contributed by atoms with Crippen LogP contribution in [0.3, 0.4) is 0 Å². The summed E-state index contributed by atoms with van der Waals surface area (Å²) in [7, 11) is 1.63. The van der Waals surface area contributed by atoms with Crippen LogP contribution in [-0.4, -0.2) is 24.1 Å². The van der Waals surface area contributed by atoms with Gasteiger partial charge in [-0.2, -0.15) is 0 Å². The van der Waals surface area contributed by atoms with Gasteiger partial charge in [-0.1, -0.05) is 24.3 Å². The summed E-state index contributed by atoms with van der Waals surface area (Å²) in [5, 5.41) is 10.9. The average molecular weight is 262 g/mol. The van der Waals surface area contributed by atoms with E-state index in [4.69, 9.17) is 5.21 Å². The minimum atomic E-state index is -0.561. The van der Waals surface area contributed by atoms with E-state index in [1.54, 1.807) is 13.1 Å². The van der Waals surface area contributed by atoms with Gasteiger partial charge in [0.05, 0.1) is 0 Å². The second-order valence-electron chi connectivity index (χ2n) is 4.08. The lowest BCUT2D eigenvalue weighted by atomic mass is 10.1. The summed E-state index contributed by atoms with van der Waals surface area (Å²) in [6.45, 7) is 0. The molecule has 0 aliphatic carbocycles. The maximum atomic E-state index is 11.1. The molecule has 0 bridgehead atoms. The van der Waals surface area contributed by atoms with Gasteiger partial charge in [0.2, 0.25) is 5.91 Å². The van der Waals surface area contributed by atoms with Crippen LogP contribution in [0, 0.1) is 0 Å². The van der Waals surface area contributed by atoms with E-state index in [0.29, 0.717) is 6.42 Å². The molecule has 0 atom stereocenters. The predicted molar refractivity (Wildman–Crippen MR) is 72.4 cm³/mol. The SMILES string of the molecule is CNC(=O)CCCc1ccc(/C=C/C(=O)NO)cc1. The number of hydroxylamine groups is 1. The molecule has 0 aromatic heterocycles. The predicted octanol–water partition coefficient (Wildman–Crippen LogP) is 1.27. The molecule has 0 fully saturated rings. The topological polar surface area (TPSA) is 78.4 Å². The molecule has 1 aromatic rings. The molecule has 3 N–H and O–H groups in total. The van der Waals surface area contributed by atoms with E-state index in [9.17, 15) is 9.59 Å². The van der Waals surface area contributed by atoms with Gasteiger partial charge in [-0.05, 0) is 30.0 Å². The maximum absolute atomic E-state index is 11.1. The van der Waals surface area contributed by atoms with Gasteiger partial charge >= 0.3 is 0 Å². The van der Waals surface area contributed by atoms with Crippen LogP contribution in [-0.2, 0) is 16.0 Å². The van der Waals surface area contributed by atoms with E-state index in [1.165, 1.54) is 11.6 Å². The largest absolute Gasteiger partial charge is 0.359 e. The average Bonchev–Trinajstić information content (AvgIpc) is 2.45. The highest BCUT2D eigenvalue weighted by atomic mass is 16.5. The molecule has 2 amide bonds. The first-order chi connectivity index (χ1) is 9.15. The van der Waals surface area contributed by atoms with Gasteiger partial charge in [-0.15, -0.1) is 0 Å². The van der Waals surface area contributed by atoms with Crippen LogP contribution < -0.4 is 10.8 Å². The monoisotopic (exact) mass is 262 g/mol. The highest BCUT2D eigenvalue weighted by Crippen LogP contribution is 2.09. The molecule has 102 valence electrons. The molecule has 0 heterocycles. The number of rotatable bonds is 6. The summed E-state index contributed by atoms with van der Waals surface area (Å²) in [6.07, 6.45) is 5.03. The maximum Gasteiger partial charge on any atom is 0.267 e. The number of hydrogen-bond donors (Lipinski definition) is 3. The minimum absolute atomic E-state index is 0.0505. The Morgan fingerprint density at radius 2 is 1.95 bits per heavy atom. The summed E-state index contributed by atoms with van der Waals surface area (Å²) in [4.78, 5) is 21.9. The first kappa shape index (κ1) is 14.9. The first-order valence-corrected chi connectivity index (χ1v) is 6.07. The van der Waals surface area contributed by atoms with Crippen LogP contribution in [0.15, 0.2) is 30.3 Å². The van der Waals surface area contributed by atoms with Crippen LogP contribution in [0.4, 0.5) is 0 Å². The minimum Gasteiger partial charge on any atom is -0.359 e. The van der Waals surface area contributed by atoms with Crippen molar-refractivity contribution >= 4 is 17.9 Å². The van der Waals surface area contributed by atoms with Crippen LogP contribution >= 0.6 is 0 Å². The third kappa shape index (κ3) is 5.83. The molecule has 1 aromatic carbocycles. The fraction of sp³-hybridized carbons (Fsp3) is 0.286. The number of amides is 2. The molecule has 0 aliphatic heterocycles. The normalized spacial score (nSPS) is 10.4. The van der Waals surface area contributed by atoms with Crippen LogP contribution in [0.1, 0.15) is 24.0 Å². The Morgan fingerprint density at radius 3 is 2.53 bits per heavy atom. The van der Waals surface area contributed by atoms with Crippen molar-refractivity contribution in [2.24, 2.45) is 0 Å². The van der Waals surface area contributed by atoms with Gasteiger partial charge in [-0.25, -0.2) is 5.48 Å². The van der Waals surface area contributed by atoms with Crippen molar-refractivity contribution in [2.75, 3.05) is 7.05 Å². The van der Waals surface area contributed by atoms with E-state index in [0.717, 1.165) is 24.0 Å². The van der Waals surface area contributed by atoms with Gasteiger partial charge in [0.1, 0.15) is 0 Å². The molecule has 0 spiro atoms. The molecule has 5 nitrogen and oxygen atoms in total. The summed E-state index contributed by atoms with van der Waals surface area (Å²) < 4.78 is 0. The summed E-state index contributed by atoms with van der Waals surface area (Å²) in [6, 6.07) is 7.69. The van der Waals surface area contributed by atoms with E-state index in [1.807, 2.05) is 24.3 Å². The molecule has 19 heavy (non-hydrogen) atoms. The zero-order valence-electron chi connectivity index (χ0n) is 10.8. The second-order valence-corrected chi connectivity index (χ2v) is 4.08. The Labute approximate surface area is 112 Å². The van der Waals surface area contributed by atoms with Crippen molar-refractivity contribution in [3.8, 4) is 0 Å². The van der Waals surface area contributed by atoms with E-state index in [-0.39, 0.29) is 5.91 Å². The zero-order valence-corrected chi connectivity index (χ0v) is 10.8.